The minimum Gasteiger partial charge on any atom is -0.325 e. The van der Waals surface area contributed by atoms with Gasteiger partial charge in [-0.2, -0.15) is 0 Å². The van der Waals surface area contributed by atoms with E-state index >= 15 is 0 Å². The largest absolute Gasteiger partial charge is 0.325 e. The fourth-order valence-corrected chi connectivity index (χ4v) is 6.24. The number of nitrogens with zero attached hydrogens (tertiary/aromatic N) is 2. The molecule has 0 aliphatic carbocycles. The van der Waals surface area contributed by atoms with Gasteiger partial charge >= 0.3 is 0 Å². The van der Waals surface area contributed by atoms with E-state index in [2.05, 4.69) is 10.3 Å². The van der Waals surface area contributed by atoms with Crippen molar-refractivity contribution in [2.75, 3.05) is 16.2 Å². The number of benzene rings is 3. The highest BCUT2D eigenvalue weighted by molar-refractivity contribution is 7.98. The van der Waals surface area contributed by atoms with Crippen LogP contribution in [0.4, 0.5) is 11.4 Å². The molecule has 1 aromatic heterocycles. The summed E-state index contributed by atoms with van der Waals surface area (Å²) in [4.78, 5) is 18.1. The quantitative estimate of drug-likeness (QED) is 0.422. The number of anilines is 2. The summed E-state index contributed by atoms with van der Waals surface area (Å²) in [5, 5.41) is 4.31. The molecule has 1 N–H and O–H groups in total. The molecule has 6 nitrogen and oxygen atoms in total. The van der Waals surface area contributed by atoms with Crippen molar-refractivity contribution in [2.45, 2.75) is 15.5 Å². The van der Waals surface area contributed by atoms with Crippen LogP contribution in [0.1, 0.15) is 5.56 Å². The van der Waals surface area contributed by atoms with E-state index < -0.39 is 15.9 Å². The number of amides is 1. The van der Waals surface area contributed by atoms with Gasteiger partial charge in [0.05, 0.1) is 10.6 Å². The van der Waals surface area contributed by atoms with Crippen LogP contribution in [0.25, 0.3) is 10.8 Å². The fraction of sp³-hybridized carbons (Fsp3) is 0.0833. The maximum Gasteiger partial charge on any atom is 0.265 e. The summed E-state index contributed by atoms with van der Waals surface area (Å²) in [5.41, 5.74) is 2.29. The van der Waals surface area contributed by atoms with Crippen LogP contribution in [0.3, 0.4) is 0 Å². The molecule has 8 heteroatoms. The summed E-state index contributed by atoms with van der Waals surface area (Å²) < 4.78 is 27.2. The Morgan fingerprint density at radius 3 is 2.50 bits per heavy atom. The SMILES string of the molecule is O=C(CN1c2cccc3cccc(c23)S1(=O)=O)Nc1ccc(SCc2cccnc2)cc1. The predicted octanol–water partition coefficient (Wildman–Crippen LogP) is 4.67. The van der Waals surface area contributed by atoms with Gasteiger partial charge in [0.2, 0.25) is 5.91 Å². The van der Waals surface area contributed by atoms with Crippen molar-refractivity contribution in [3.8, 4) is 0 Å². The van der Waals surface area contributed by atoms with Crippen molar-refractivity contribution in [1.82, 2.24) is 4.98 Å². The van der Waals surface area contributed by atoms with E-state index in [1.54, 1.807) is 42.2 Å². The van der Waals surface area contributed by atoms with Crippen molar-refractivity contribution in [2.24, 2.45) is 0 Å². The second-order valence-corrected chi connectivity index (χ2v) is 10.2. The Bertz CT molecular complexity index is 1400. The molecule has 0 fully saturated rings. The molecule has 0 saturated heterocycles. The molecule has 0 spiro atoms. The van der Waals surface area contributed by atoms with Gasteiger partial charge < -0.3 is 5.32 Å². The maximum absolute atomic E-state index is 13.0. The monoisotopic (exact) mass is 461 g/mol. The first-order chi connectivity index (χ1) is 15.5. The molecule has 160 valence electrons. The van der Waals surface area contributed by atoms with Crippen molar-refractivity contribution < 1.29 is 13.2 Å². The molecule has 5 rings (SSSR count). The van der Waals surface area contributed by atoms with Crippen LogP contribution in [0.5, 0.6) is 0 Å². The second-order valence-electron chi connectivity index (χ2n) is 7.37. The van der Waals surface area contributed by atoms with Crippen LogP contribution in [-0.2, 0) is 20.6 Å². The van der Waals surface area contributed by atoms with E-state index in [1.807, 2.05) is 54.7 Å². The zero-order chi connectivity index (χ0) is 22.1. The third-order valence-corrected chi connectivity index (χ3v) is 8.12. The topological polar surface area (TPSA) is 79.4 Å². The summed E-state index contributed by atoms with van der Waals surface area (Å²) in [7, 11) is -3.76. The van der Waals surface area contributed by atoms with Gasteiger partial charge in [0.15, 0.2) is 0 Å². The standard InChI is InChI=1S/C24H19N3O3S2/c28-23(26-19-9-11-20(12-10-19)31-16-17-4-3-13-25-14-17)15-27-21-7-1-5-18-6-2-8-22(24(18)21)32(27,29)30/h1-14H,15-16H2,(H,26,28). The van der Waals surface area contributed by atoms with Gasteiger partial charge in [0.1, 0.15) is 6.54 Å². The third kappa shape index (κ3) is 3.83. The van der Waals surface area contributed by atoms with Crippen molar-refractivity contribution in [3.63, 3.8) is 0 Å². The second kappa shape index (κ2) is 8.29. The van der Waals surface area contributed by atoms with Gasteiger partial charge in [-0.1, -0.05) is 30.3 Å². The van der Waals surface area contributed by atoms with Crippen LogP contribution >= 0.6 is 11.8 Å². The molecule has 1 aliphatic rings. The molecule has 0 unspecified atom stereocenters. The highest BCUT2D eigenvalue weighted by Crippen LogP contribution is 2.41. The minimum absolute atomic E-state index is 0.244. The normalized spacial score (nSPS) is 13.9. The van der Waals surface area contributed by atoms with E-state index in [1.165, 1.54) is 4.31 Å². The lowest BCUT2D eigenvalue weighted by molar-refractivity contribution is -0.114. The van der Waals surface area contributed by atoms with E-state index in [4.69, 9.17) is 0 Å². The van der Waals surface area contributed by atoms with Crippen molar-refractivity contribution in [1.29, 1.82) is 0 Å². The Morgan fingerprint density at radius 1 is 0.969 bits per heavy atom. The third-order valence-electron chi connectivity index (χ3n) is 5.23. The number of carbonyl (C=O) groups is 1. The number of nitrogens with one attached hydrogen (secondary N) is 1. The summed E-state index contributed by atoms with van der Waals surface area (Å²) >= 11 is 1.68. The van der Waals surface area contributed by atoms with E-state index in [-0.39, 0.29) is 11.4 Å². The van der Waals surface area contributed by atoms with Crippen molar-refractivity contribution >= 4 is 49.8 Å². The number of sulfonamides is 1. The van der Waals surface area contributed by atoms with Crippen LogP contribution in [0.2, 0.25) is 0 Å². The summed E-state index contributed by atoms with van der Waals surface area (Å²) in [6, 6.07) is 22.0. The highest BCUT2D eigenvalue weighted by atomic mass is 32.2. The highest BCUT2D eigenvalue weighted by Gasteiger charge is 2.36. The predicted molar refractivity (Wildman–Crippen MR) is 127 cm³/mol. The molecule has 1 amide bonds. The number of hydrogen-bond acceptors (Lipinski definition) is 5. The molecular weight excluding hydrogens is 442 g/mol. The lowest BCUT2D eigenvalue weighted by Gasteiger charge is -2.18. The Labute approximate surface area is 190 Å². The van der Waals surface area contributed by atoms with Crippen LogP contribution in [0, 0.1) is 0 Å². The van der Waals surface area contributed by atoms with Crippen LogP contribution in [0.15, 0.2) is 95.0 Å². The molecule has 32 heavy (non-hydrogen) atoms. The number of hydrogen-bond donors (Lipinski definition) is 1. The fourth-order valence-electron chi connectivity index (χ4n) is 3.74. The van der Waals surface area contributed by atoms with Crippen molar-refractivity contribution in [3.05, 3.63) is 90.8 Å². The van der Waals surface area contributed by atoms with E-state index in [0.717, 1.165) is 21.6 Å². The summed E-state index contributed by atoms with van der Waals surface area (Å²) in [6.07, 6.45) is 3.59. The maximum atomic E-state index is 13.0. The Kier molecular flexibility index (Phi) is 5.32. The number of pyridine rings is 1. The number of aromatic nitrogens is 1. The number of thioether (sulfide) groups is 1. The molecule has 0 radical (unpaired) electrons. The molecule has 0 saturated carbocycles. The zero-order valence-corrected chi connectivity index (χ0v) is 18.6. The minimum atomic E-state index is -3.76. The molecule has 0 bridgehead atoms. The average Bonchev–Trinajstić information content (AvgIpc) is 3.02. The molecule has 0 atom stereocenters. The molecule has 3 aromatic carbocycles. The first-order valence-corrected chi connectivity index (χ1v) is 12.4. The first-order valence-electron chi connectivity index (χ1n) is 9.98. The molecular formula is C24H19N3O3S2. The van der Waals surface area contributed by atoms with Gasteiger partial charge in [-0.15, -0.1) is 11.8 Å². The lowest BCUT2D eigenvalue weighted by Crippen LogP contribution is -2.35. The van der Waals surface area contributed by atoms with Gasteiger partial charge in [-0.3, -0.25) is 14.1 Å². The lowest BCUT2D eigenvalue weighted by atomic mass is 10.1. The molecule has 4 aromatic rings. The Balaban J connectivity index is 1.27. The van der Waals surface area contributed by atoms with Gasteiger partial charge in [0.25, 0.3) is 10.0 Å². The number of rotatable bonds is 6. The zero-order valence-electron chi connectivity index (χ0n) is 16.9. The van der Waals surface area contributed by atoms with Crippen LogP contribution in [-0.4, -0.2) is 25.9 Å². The van der Waals surface area contributed by atoms with Gasteiger partial charge in [0, 0.05) is 34.1 Å². The first kappa shape index (κ1) is 20.5. The van der Waals surface area contributed by atoms with Crippen LogP contribution < -0.4 is 9.62 Å². The Morgan fingerprint density at radius 2 is 1.75 bits per heavy atom. The summed E-state index contributed by atoms with van der Waals surface area (Å²) in [5.74, 6) is 0.410. The van der Waals surface area contributed by atoms with Gasteiger partial charge in [-0.25, -0.2) is 8.42 Å². The smallest absolute Gasteiger partial charge is 0.265 e. The summed E-state index contributed by atoms with van der Waals surface area (Å²) in [6.45, 7) is -0.284. The number of carbonyl (C=O) groups excluding carboxylic acids is 1. The molecule has 1 aliphatic heterocycles. The molecule has 2 heterocycles. The average molecular weight is 462 g/mol. The Hall–Kier alpha value is -3.36. The van der Waals surface area contributed by atoms with E-state index in [9.17, 15) is 13.2 Å². The van der Waals surface area contributed by atoms with Gasteiger partial charge in [-0.05, 0) is 53.4 Å². The van der Waals surface area contributed by atoms with E-state index in [0.29, 0.717) is 16.8 Å².